The zero-order valence-electron chi connectivity index (χ0n) is 15.9. The number of carbonyl (C=O) groups is 1. The first kappa shape index (κ1) is 18.2. The largest absolute Gasteiger partial charge is 0.335 e. The smallest absolute Gasteiger partial charge is 0.246 e. The number of nitrogens with one attached hydrogen (secondary N) is 1. The van der Waals surface area contributed by atoms with Crippen LogP contribution in [0.5, 0.6) is 0 Å². The second-order valence-corrected chi connectivity index (χ2v) is 8.44. The molecular formula is C21H26N4OS. The molecule has 0 aliphatic carbocycles. The number of anilines is 1. The molecule has 0 unspecified atom stereocenters. The number of rotatable bonds is 5. The van der Waals surface area contributed by atoms with Gasteiger partial charge in [-0.05, 0) is 56.3 Å². The number of carbonyl (C=O) groups excluding carboxylic acids is 1. The topological polar surface area (TPSA) is 50.2 Å². The Balaban J connectivity index is 1.37. The second kappa shape index (κ2) is 7.82. The van der Waals surface area contributed by atoms with E-state index in [0.717, 1.165) is 47.8 Å². The molecule has 1 N–H and O–H groups in total. The van der Waals surface area contributed by atoms with Crippen molar-refractivity contribution in [3.8, 4) is 0 Å². The first-order chi connectivity index (χ1) is 13.1. The van der Waals surface area contributed by atoms with E-state index >= 15 is 0 Å². The standard InChI is InChI=1S/C21H26N4OS/c1-15-7-9-24(10-8-15)12-18-14-27-21(22-18)23-20(26)13-25-16(2)11-17-5-3-4-6-19(17)25/h3-6,11,14-15H,7-10,12-13H2,1-2H3,(H,22,23,26). The van der Waals surface area contributed by atoms with Crippen molar-refractivity contribution in [2.45, 2.75) is 39.8 Å². The molecule has 2 aromatic heterocycles. The zero-order valence-corrected chi connectivity index (χ0v) is 16.8. The van der Waals surface area contributed by atoms with E-state index in [0.29, 0.717) is 11.7 Å². The molecule has 1 saturated heterocycles. The Kier molecular flexibility index (Phi) is 5.27. The van der Waals surface area contributed by atoms with Crippen molar-refractivity contribution in [2.75, 3.05) is 18.4 Å². The number of aromatic nitrogens is 2. The number of benzene rings is 1. The van der Waals surface area contributed by atoms with Gasteiger partial charge in [0.05, 0.1) is 5.69 Å². The van der Waals surface area contributed by atoms with Crippen molar-refractivity contribution in [3.05, 3.63) is 47.1 Å². The van der Waals surface area contributed by atoms with Gasteiger partial charge in [-0.25, -0.2) is 4.98 Å². The summed E-state index contributed by atoms with van der Waals surface area (Å²) in [5.41, 5.74) is 3.22. The Hall–Kier alpha value is -2.18. The van der Waals surface area contributed by atoms with Gasteiger partial charge in [0.25, 0.3) is 0 Å². The van der Waals surface area contributed by atoms with Crippen LogP contribution in [0.3, 0.4) is 0 Å². The highest BCUT2D eigenvalue weighted by Crippen LogP contribution is 2.22. The van der Waals surface area contributed by atoms with E-state index in [1.807, 2.05) is 23.6 Å². The van der Waals surface area contributed by atoms with Gasteiger partial charge in [-0.3, -0.25) is 9.69 Å². The molecule has 1 fully saturated rings. The van der Waals surface area contributed by atoms with Crippen molar-refractivity contribution in [2.24, 2.45) is 5.92 Å². The van der Waals surface area contributed by atoms with Gasteiger partial charge in [0.1, 0.15) is 6.54 Å². The van der Waals surface area contributed by atoms with E-state index in [9.17, 15) is 4.79 Å². The number of amides is 1. The summed E-state index contributed by atoms with van der Waals surface area (Å²) >= 11 is 1.51. The molecule has 3 heterocycles. The molecule has 1 aliphatic heterocycles. The first-order valence-electron chi connectivity index (χ1n) is 9.60. The summed E-state index contributed by atoms with van der Waals surface area (Å²) in [7, 11) is 0. The van der Waals surface area contributed by atoms with Crippen molar-refractivity contribution in [1.82, 2.24) is 14.5 Å². The number of fused-ring (bicyclic) bond motifs is 1. The maximum Gasteiger partial charge on any atom is 0.246 e. The molecule has 4 rings (SSSR count). The van der Waals surface area contributed by atoms with Crippen LogP contribution in [-0.4, -0.2) is 33.4 Å². The minimum absolute atomic E-state index is 0.0350. The summed E-state index contributed by atoms with van der Waals surface area (Å²) < 4.78 is 2.05. The summed E-state index contributed by atoms with van der Waals surface area (Å²) in [5.74, 6) is 0.798. The van der Waals surface area contributed by atoms with Crippen LogP contribution in [0.2, 0.25) is 0 Å². The average Bonchev–Trinajstić information content (AvgIpc) is 3.21. The van der Waals surface area contributed by atoms with Crippen molar-refractivity contribution in [1.29, 1.82) is 0 Å². The quantitative estimate of drug-likeness (QED) is 0.717. The molecule has 27 heavy (non-hydrogen) atoms. The number of aryl methyl sites for hydroxylation is 1. The lowest BCUT2D eigenvalue weighted by Crippen LogP contribution is -2.32. The van der Waals surface area contributed by atoms with Gasteiger partial charge in [0.2, 0.25) is 5.91 Å². The SMILES string of the molecule is Cc1cc2ccccc2n1CC(=O)Nc1nc(CN2CCC(C)CC2)cs1. The Bertz CT molecular complexity index is 937. The summed E-state index contributed by atoms with van der Waals surface area (Å²) in [4.78, 5) is 19.6. The summed E-state index contributed by atoms with van der Waals surface area (Å²) in [6, 6.07) is 10.3. The molecule has 1 aliphatic rings. The van der Waals surface area contributed by atoms with Gasteiger partial charge >= 0.3 is 0 Å². The molecule has 0 saturated carbocycles. The third-order valence-corrected chi connectivity index (χ3v) is 6.19. The van der Waals surface area contributed by atoms with Crippen LogP contribution in [0.25, 0.3) is 10.9 Å². The summed E-state index contributed by atoms with van der Waals surface area (Å²) in [6.07, 6.45) is 2.52. The number of para-hydroxylation sites is 1. The van der Waals surface area contributed by atoms with Gasteiger partial charge in [0.15, 0.2) is 5.13 Å². The van der Waals surface area contributed by atoms with E-state index in [1.54, 1.807) is 0 Å². The van der Waals surface area contributed by atoms with Crippen LogP contribution in [0.4, 0.5) is 5.13 Å². The van der Waals surface area contributed by atoms with E-state index < -0.39 is 0 Å². The van der Waals surface area contributed by atoms with Crippen LogP contribution in [0.1, 0.15) is 31.2 Å². The van der Waals surface area contributed by atoms with Crippen LogP contribution >= 0.6 is 11.3 Å². The number of nitrogens with zero attached hydrogens (tertiary/aromatic N) is 3. The highest BCUT2D eigenvalue weighted by Gasteiger charge is 2.17. The predicted molar refractivity (Wildman–Crippen MR) is 111 cm³/mol. The minimum atomic E-state index is -0.0350. The maximum absolute atomic E-state index is 12.5. The Morgan fingerprint density at radius 1 is 1.30 bits per heavy atom. The van der Waals surface area contributed by atoms with Crippen molar-refractivity contribution >= 4 is 33.3 Å². The molecule has 3 aromatic rings. The summed E-state index contributed by atoms with van der Waals surface area (Å²) in [6.45, 7) is 7.82. The normalized spacial score (nSPS) is 16.1. The monoisotopic (exact) mass is 382 g/mol. The molecule has 5 nitrogen and oxygen atoms in total. The third kappa shape index (κ3) is 4.22. The molecule has 0 radical (unpaired) electrons. The van der Waals surface area contributed by atoms with Gasteiger partial charge in [-0.2, -0.15) is 0 Å². The molecule has 0 bridgehead atoms. The van der Waals surface area contributed by atoms with Gasteiger partial charge in [0, 0.05) is 23.1 Å². The Morgan fingerprint density at radius 3 is 2.89 bits per heavy atom. The fraction of sp³-hybridized carbons (Fsp3) is 0.429. The molecule has 1 amide bonds. The number of hydrogen-bond donors (Lipinski definition) is 1. The fourth-order valence-corrected chi connectivity index (χ4v) is 4.46. The first-order valence-corrected chi connectivity index (χ1v) is 10.5. The molecule has 0 spiro atoms. The molecular weight excluding hydrogens is 356 g/mol. The predicted octanol–water partition coefficient (Wildman–Crippen LogP) is 4.28. The molecule has 142 valence electrons. The van der Waals surface area contributed by atoms with E-state index in [2.05, 4.69) is 45.7 Å². The maximum atomic E-state index is 12.5. The molecule has 0 atom stereocenters. The Morgan fingerprint density at radius 2 is 2.07 bits per heavy atom. The third-order valence-electron chi connectivity index (χ3n) is 5.38. The van der Waals surface area contributed by atoms with Crippen LogP contribution in [-0.2, 0) is 17.9 Å². The molecule has 1 aromatic carbocycles. The number of hydrogen-bond acceptors (Lipinski definition) is 4. The average molecular weight is 383 g/mol. The van der Waals surface area contributed by atoms with Crippen LogP contribution in [0, 0.1) is 12.8 Å². The number of piperidine rings is 1. The number of likely N-dealkylation sites (tertiary alicyclic amines) is 1. The van der Waals surface area contributed by atoms with E-state index in [-0.39, 0.29) is 5.91 Å². The van der Waals surface area contributed by atoms with Crippen LogP contribution < -0.4 is 5.32 Å². The zero-order chi connectivity index (χ0) is 18.8. The molecule has 6 heteroatoms. The van der Waals surface area contributed by atoms with E-state index in [4.69, 9.17) is 0 Å². The number of thiazole rings is 1. The van der Waals surface area contributed by atoms with Gasteiger partial charge in [-0.15, -0.1) is 11.3 Å². The fourth-order valence-electron chi connectivity index (χ4n) is 3.75. The van der Waals surface area contributed by atoms with Crippen molar-refractivity contribution in [3.63, 3.8) is 0 Å². The van der Waals surface area contributed by atoms with Crippen molar-refractivity contribution < 1.29 is 4.79 Å². The highest BCUT2D eigenvalue weighted by molar-refractivity contribution is 7.13. The lowest BCUT2D eigenvalue weighted by molar-refractivity contribution is -0.116. The van der Waals surface area contributed by atoms with Gasteiger partial charge in [-0.1, -0.05) is 25.1 Å². The lowest BCUT2D eigenvalue weighted by atomic mass is 9.99. The van der Waals surface area contributed by atoms with Gasteiger partial charge < -0.3 is 9.88 Å². The summed E-state index contributed by atoms with van der Waals surface area (Å²) in [5, 5.41) is 6.88. The second-order valence-electron chi connectivity index (χ2n) is 7.58. The lowest BCUT2D eigenvalue weighted by Gasteiger charge is -2.29. The Labute approximate surface area is 164 Å². The van der Waals surface area contributed by atoms with E-state index in [1.165, 1.54) is 24.2 Å². The van der Waals surface area contributed by atoms with Crippen LogP contribution in [0.15, 0.2) is 35.7 Å². The minimum Gasteiger partial charge on any atom is -0.335 e. The highest BCUT2D eigenvalue weighted by atomic mass is 32.1.